The van der Waals surface area contributed by atoms with Crippen molar-refractivity contribution in [3.8, 4) is 5.75 Å². The van der Waals surface area contributed by atoms with Gasteiger partial charge in [0.05, 0.1) is 21.3 Å². The van der Waals surface area contributed by atoms with Crippen molar-refractivity contribution in [2.75, 3.05) is 6.61 Å². The molecule has 2 saturated heterocycles. The quantitative estimate of drug-likeness (QED) is 0.296. The summed E-state index contributed by atoms with van der Waals surface area (Å²) in [6, 6.07) is 5.09. The Balaban J connectivity index is 1.36. The lowest BCUT2D eigenvalue weighted by molar-refractivity contribution is -0.172. The maximum absolute atomic E-state index is 13.5. The molecule has 5 atom stereocenters. The predicted octanol–water partition coefficient (Wildman–Crippen LogP) is 3.18. The van der Waals surface area contributed by atoms with E-state index in [4.69, 9.17) is 18.8 Å². The van der Waals surface area contributed by atoms with Crippen LogP contribution in [-0.4, -0.2) is 59.2 Å². The second-order valence-electron chi connectivity index (χ2n) is 7.59. The fourth-order valence-corrected chi connectivity index (χ4v) is 6.90. The minimum Gasteiger partial charge on any atom is -0.465 e. The van der Waals surface area contributed by atoms with Gasteiger partial charge < -0.3 is 14.2 Å². The number of esters is 2. The highest BCUT2D eigenvalue weighted by atomic mass is 127. The number of ether oxygens (including phenoxy) is 3. The van der Waals surface area contributed by atoms with E-state index < -0.39 is 58.2 Å². The second-order valence-corrected chi connectivity index (χ2v) is 11.7. The molecule has 176 valence electrons. The molecule has 3 heterocycles. The first-order valence-corrected chi connectivity index (χ1v) is 12.8. The van der Waals surface area contributed by atoms with E-state index in [1.807, 2.05) is 22.6 Å². The topological polar surface area (TPSA) is 116 Å². The fraction of sp³-hybridized carbons (Fsp3) is 0.556. The SMILES string of the molecule is O=C1OC2(CC3SC2CC3C(=O)OCCC(F)C(F)(F)S(=O)(=O)O)Oc2c(I)cccc21. The van der Waals surface area contributed by atoms with Crippen LogP contribution in [-0.2, 0) is 24.4 Å². The van der Waals surface area contributed by atoms with Gasteiger partial charge in [-0.2, -0.15) is 17.2 Å². The van der Waals surface area contributed by atoms with Crippen LogP contribution < -0.4 is 4.74 Å². The van der Waals surface area contributed by atoms with Crippen LogP contribution in [0.2, 0.25) is 0 Å². The van der Waals surface area contributed by atoms with Gasteiger partial charge in [0.15, 0.2) is 11.9 Å². The van der Waals surface area contributed by atoms with Gasteiger partial charge >= 0.3 is 27.3 Å². The third-order valence-electron chi connectivity index (χ3n) is 5.59. The largest absolute Gasteiger partial charge is 0.465 e. The molecule has 0 amide bonds. The molecule has 2 bridgehead atoms. The zero-order valence-electron chi connectivity index (χ0n) is 16.0. The highest BCUT2D eigenvalue weighted by Crippen LogP contribution is 2.58. The summed E-state index contributed by atoms with van der Waals surface area (Å²) in [5.41, 5.74) is 0.314. The summed E-state index contributed by atoms with van der Waals surface area (Å²) in [7, 11) is -5.93. The molecule has 1 aromatic carbocycles. The number of benzene rings is 1. The van der Waals surface area contributed by atoms with Crippen molar-refractivity contribution in [3.63, 3.8) is 0 Å². The van der Waals surface area contributed by atoms with Crippen LogP contribution in [0.5, 0.6) is 5.75 Å². The molecule has 1 N–H and O–H groups in total. The molecule has 5 unspecified atom stereocenters. The Kier molecular flexibility index (Phi) is 6.12. The lowest BCUT2D eigenvalue weighted by Crippen LogP contribution is -2.53. The van der Waals surface area contributed by atoms with Crippen LogP contribution in [0, 0.1) is 9.49 Å². The van der Waals surface area contributed by atoms with E-state index in [1.54, 1.807) is 18.2 Å². The number of rotatable bonds is 6. The highest BCUT2D eigenvalue weighted by Gasteiger charge is 2.64. The zero-order valence-corrected chi connectivity index (χ0v) is 19.8. The third kappa shape index (κ3) is 3.96. The van der Waals surface area contributed by atoms with Gasteiger partial charge in [0.25, 0.3) is 5.79 Å². The van der Waals surface area contributed by atoms with Gasteiger partial charge in [0.1, 0.15) is 5.56 Å². The maximum Gasteiger partial charge on any atom is 0.400 e. The zero-order chi connectivity index (χ0) is 23.5. The van der Waals surface area contributed by atoms with E-state index >= 15 is 0 Å². The molecule has 1 spiro atoms. The summed E-state index contributed by atoms with van der Waals surface area (Å²) < 4.78 is 86.8. The van der Waals surface area contributed by atoms with E-state index in [0.717, 1.165) is 3.57 Å². The number of carbonyl (C=O) groups excluding carboxylic acids is 2. The standard InChI is InChI=1S/C18H16F3IO8S2/c19-12(18(20,21)32(25,26)27)4-5-28-15(23)9-6-13-17(7-11(9)31-13)29-14-8(16(24)30-17)2-1-3-10(14)22/h1-3,9,11-13H,4-7H2,(H,25,26,27). The average Bonchev–Trinajstić information content (AvgIpc) is 3.26. The normalized spacial score (nSPS) is 29.9. The third-order valence-corrected chi connectivity index (χ3v) is 9.10. The van der Waals surface area contributed by atoms with Gasteiger partial charge in [-0.15, -0.1) is 11.8 Å². The Bertz CT molecular complexity index is 1070. The van der Waals surface area contributed by atoms with Gasteiger partial charge in [0.2, 0.25) is 0 Å². The van der Waals surface area contributed by atoms with E-state index in [9.17, 15) is 31.2 Å². The Morgan fingerprint density at radius 3 is 2.75 bits per heavy atom. The molecule has 1 aromatic rings. The number of alkyl halides is 3. The molecule has 0 aliphatic carbocycles. The van der Waals surface area contributed by atoms with Crippen LogP contribution in [0.25, 0.3) is 0 Å². The van der Waals surface area contributed by atoms with E-state index in [1.165, 1.54) is 11.8 Å². The molecule has 32 heavy (non-hydrogen) atoms. The summed E-state index contributed by atoms with van der Waals surface area (Å²) in [4.78, 5) is 24.9. The van der Waals surface area contributed by atoms with Gasteiger partial charge in [-0.05, 0) is 41.1 Å². The predicted molar refractivity (Wildman–Crippen MR) is 113 cm³/mol. The second kappa shape index (κ2) is 8.20. The Labute approximate surface area is 198 Å². The molecule has 3 aliphatic heterocycles. The van der Waals surface area contributed by atoms with Gasteiger partial charge in [-0.1, -0.05) is 6.07 Å². The Morgan fingerprint density at radius 1 is 1.41 bits per heavy atom. The molecule has 0 aromatic heterocycles. The molecular formula is C18H16F3IO8S2. The lowest BCUT2D eigenvalue weighted by Gasteiger charge is -2.40. The fourth-order valence-electron chi connectivity index (χ4n) is 3.97. The van der Waals surface area contributed by atoms with Crippen molar-refractivity contribution in [1.82, 2.24) is 0 Å². The number of hydrogen-bond donors (Lipinski definition) is 1. The first-order valence-electron chi connectivity index (χ1n) is 9.37. The van der Waals surface area contributed by atoms with Crippen LogP contribution in [0.4, 0.5) is 13.2 Å². The average molecular weight is 608 g/mol. The highest BCUT2D eigenvalue weighted by molar-refractivity contribution is 14.1. The van der Waals surface area contributed by atoms with Crippen molar-refractivity contribution < 1.29 is 49.9 Å². The number of carbonyl (C=O) groups is 2. The number of hydrogen-bond acceptors (Lipinski definition) is 8. The van der Waals surface area contributed by atoms with Crippen molar-refractivity contribution in [2.24, 2.45) is 5.92 Å². The molecule has 0 saturated carbocycles. The minimum absolute atomic E-state index is 0.213. The smallest absolute Gasteiger partial charge is 0.400 e. The van der Waals surface area contributed by atoms with E-state index in [-0.39, 0.29) is 23.3 Å². The van der Waals surface area contributed by atoms with Gasteiger partial charge in [0, 0.05) is 18.1 Å². The number of fused-ring (bicyclic) bond motifs is 4. The van der Waals surface area contributed by atoms with Crippen molar-refractivity contribution in [3.05, 3.63) is 27.3 Å². The molecule has 8 nitrogen and oxygen atoms in total. The Hall–Kier alpha value is -1.26. The van der Waals surface area contributed by atoms with Gasteiger partial charge in [-0.25, -0.2) is 9.18 Å². The molecule has 0 radical (unpaired) electrons. The van der Waals surface area contributed by atoms with Crippen LogP contribution in [0.1, 0.15) is 29.6 Å². The number of para-hydroxylation sites is 1. The number of halogens is 4. The van der Waals surface area contributed by atoms with Crippen molar-refractivity contribution in [2.45, 2.75) is 47.0 Å². The number of thioether (sulfide) groups is 1. The summed E-state index contributed by atoms with van der Waals surface area (Å²) in [6.07, 6.45) is -3.89. The Morgan fingerprint density at radius 2 is 2.12 bits per heavy atom. The van der Waals surface area contributed by atoms with Crippen molar-refractivity contribution >= 4 is 56.4 Å². The molecule has 14 heteroatoms. The first-order chi connectivity index (χ1) is 14.9. The van der Waals surface area contributed by atoms with Crippen LogP contribution in [0.3, 0.4) is 0 Å². The molecular weight excluding hydrogens is 592 g/mol. The van der Waals surface area contributed by atoms with Gasteiger partial charge in [-0.3, -0.25) is 9.35 Å². The maximum atomic E-state index is 13.5. The minimum atomic E-state index is -5.93. The summed E-state index contributed by atoms with van der Waals surface area (Å²) in [5.74, 6) is -2.72. The summed E-state index contributed by atoms with van der Waals surface area (Å²) in [6.45, 7) is -0.786. The van der Waals surface area contributed by atoms with E-state index in [2.05, 4.69) is 0 Å². The molecule has 2 fully saturated rings. The van der Waals surface area contributed by atoms with Crippen molar-refractivity contribution in [1.29, 1.82) is 0 Å². The first kappa shape index (κ1) is 23.9. The molecule has 4 rings (SSSR count). The monoisotopic (exact) mass is 608 g/mol. The van der Waals surface area contributed by atoms with Crippen LogP contribution >= 0.6 is 34.4 Å². The van der Waals surface area contributed by atoms with E-state index in [0.29, 0.717) is 11.3 Å². The lowest BCUT2D eigenvalue weighted by atomic mass is 9.84. The molecule has 3 aliphatic rings. The summed E-state index contributed by atoms with van der Waals surface area (Å²) >= 11 is 3.44. The summed E-state index contributed by atoms with van der Waals surface area (Å²) in [5, 5.41) is -5.69. The van der Waals surface area contributed by atoms with Crippen LogP contribution in [0.15, 0.2) is 18.2 Å².